The van der Waals surface area contributed by atoms with E-state index in [1.165, 1.54) is 5.06 Å². The van der Waals surface area contributed by atoms with Crippen molar-refractivity contribution in [3.63, 3.8) is 0 Å². The van der Waals surface area contributed by atoms with Gasteiger partial charge in [-0.25, -0.2) is 4.79 Å². The Kier molecular flexibility index (Phi) is 3.25. The van der Waals surface area contributed by atoms with Crippen LogP contribution in [0.5, 0.6) is 0 Å². The molecule has 0 aromatic rings. The SMILES string of the molecule is CNC1(C(N)=O)CN(OC(=O)C(C)(C)C)C1. The second-order valence-electron chi connectivity index (χ2n) is 5.12. The van der Waals surface area contributed by atoms with Gasteiger partial charge in [0, 0.05) is 0 Å². The fraction of sp³-hybridized carbons (Fsp3) is 0.800. The lowest BCUT2D eigenvalue weighted by molar-refractivity contribution is -0.233. The van der Waals surface area contributed by atoms with Gasteiger partial charge in [-0.1, -0.05) is 0 Å². The Bertz CT molecular complexity index is 303. The van der Waals surface area contributed by atoms with Crippen molar-refractivity contribution >= 4 is 11.9 Å². The zero-order chi connectivity index (χ0) is 12.6. The molecule has 0 unspecified atom stereocenters. The maximum absolute atomic E-state index is 11.5. The largest absolute Gasteiger partial charge is 0.368 e. The molecule has 0 aromatic heterocycles. The van der Waals surface area contributed by atoms with Crippen LogP contribution in [0.2, 0.25) is 0 Å². The Hall–Kier alpha value is -1.14. The third kappa shape index (κ3) is 2.33. The van der Waals surface area contributed by atoms with Gasteiger partial charge in [0.25, 0.3) is 0 Å². The molecule has 3 N–H and O–H groups in total. The lowest BCUT2D eigenvalue weighted by Gasteiger charge is -2.46. The highest BCUT2D eigenvalue weighted by Crippen LogP contribution is 2.23. The van der Waals surface area contributed by atoms with Crippen LogP contribution in [-0.2, 0) is 14.4 Å². The van der Waals surface area contributed by atoms with Gasteiger partial charge in [-0.3, -0.25) is 4.79 Å². The summed E-state index contributed by atoms with van der Waals surface area (Å²) in [6.07, 6.45) is 0. The monoisotopic (exact) mass is 229 g/mol. The fourth-order valence-corrected chi connectivity index (χ4v) is 1.31. The summed E-state index contributed by atoms with van der Waals surface area (Å²) in [6, 6.07) is 0. The molecule has 16 heavy (non-hydrogen) atoms. The van der Waals surface area contributed by atoms with E-state index >= 15 is 0 Å². The van der Waals surface area contributed by atoms with Gasteiger partial charge in [0.05, 0.1) is 18.5 Å². The summed E-state index contributed by atoms with van der Waals surface area (Å²) in [4.78, 5) is 27.8. The molecule has 1 rings (SSSR count). The summed E-state index contributed by atoms with van der Waals surface area (Å²) >= 11 is 0. The molecular weight excluding hydrogens is 210 g/mol. The molecule has 92 valence electrons. The minimum atomic E-state index is -0.766. The first-order valence-electron chi connectivity index (χ1n) is 5.17. The van der Waals surface area contributed by atoms with Crippen LogP contribution in [-0.4, -0.2) is 42.6 Å². The number of carbonyl (C=O) groups is 2. The van der Waals surface area contributed by atoms with E-state index in [9.17, 15) is 9.59 Å². The van der Waals surface area contributed by atoms with Crippen molar-refractivity contribution in [1.29, 1.82) is 0 Å². The van der Waals surface area contributed by atoms with Crippen molar-refractivity contribution in [3.05, 3.63) is 0 Å². The zero-order valence-electron chi connectivity index (χ0n) is 10.2. The summed E-state index contributed by atoms with van der Waals surface area (Å²) < 4.78 is 0. The molecule has 1 amide bonds. The zero-order valence-corrected chi connectivity index (χ0v) is 10.2. The van der Waals surface area contributed by atoms with E-state index in [-0.39, 0.29) is 5.97 Å². The first kappa shape index (κ1) is 12.9. The van der Waals surface area contributed by atoms with Gasteiger partial charge >= 0.3 is 5.97 Å². The normalized spacial score (nSPS) is 20.0. The lowest BCUT2D eigenvalue weighted by Crippen LogP contribution is -2.74. The summed E-state index contributed by atoms with van der Waals surface area (Å²) in [5.74, 6) is -0.750. The van der Waals surface area contributed by atoms with Crippen LogP contribution in [0.4, 0.5) is 0 Å². The number of carbonyl (C=O) groups excluding carboxylic acids is 2. The summed E-state index contributed by atoms with van der Waals surface area (Å²) in [5, 5.41) is 4.29. The predicted molar refractivity (Wildman–Crippen MR) is 58.1 cm³/mol. The minimum absolute atomic E-state index is 0.292. The molecule has 0 aliphatic carbocycles. The number of likely N-dealkylation sites (N-methyl/N-ethyl adjacent to an activating group) is 1. The van der Waals surface area contributed by atoms with E-state index in [4.69, 9.17) is 10.6 Å². The number of hydroxylamine groups is 2. The quantitative estimate of drug-likeness (QED) is 0.665. The van der Waals surface area contributed by atoms with Crippen molar-refractivity contribution in [3.8, 4) is 0 Å². The highest BCUT2D eigenvalue weighted by molar-refractivity contribution is 5.86. The standard InChI is InChI=1S/C10H19N3O3/c1-9(2,3)8(15)16-13-5-10(6-13,12-4)7(11)14/h12H,5-6H2,1-4H3,(H2,11,14). The topological polar surface area (TPSA) is 84.7 Å². The van der Waals surface area contributed by atoms with Crippen LogP contribution in [0.15, 0.2) is 0 Å². The summed E-state index contributed by atoms with van der Waals surface area (Å²) in [6.45, 7) is 5.90. The number of rotatable bonds is 3. The molecule has 0 spiro atoms. The smallest absolute Gasteiger partial charge is 0.330 e. The third-order valence-corrected chi connectivity index (χ3v) is 2.67. The molecule has 1 saturated heterocycles. The number of nitrogens with two attached hydrogens (primary N) is 1. The number of primary amides is 1. The van der Waals surface area contributed by atoms with Crippen LogP contribution in [0, 0.1) is 5.41 Å². The van der Waals surface area contributed by atoms with E-state index in [1.54, 1.807) is 27.8 Å². The maximum Gasteiger partial charge on any atom is 0.330 e. The van der Waals surface area contributed by atoms with Crippen molar-refractivity contribution in [1.82, 2.24) is 10.4 Å². The van der Waals surface area contributed by atoms with Gasteiger partial charge in [0.2, 0.25) is 5.91 Å². The van der Waals surface area contributed by atoms with Crippen molar-refractivity contribution in [2.75, 3.05) is 20.1 Å². The second-order valence-corrected chi connectivity index (χ2v) is 5.12. The minimum Gasteiger partial charge on any atom is -0.368 e. The molecule has 1 aliphatic rings. The molecule has 1 heterocycles. The number of hydrogen-bond acceptors (Lipinski definition) is 5. The average molecular weight is 229 g/mol. The number of hydrogen-bond donors (Lipinski definition) is 2. The molecule has 0 aromatic carbocycles. The van der Waals surface area contributed by atoms with Gasteiger partial charge in [0.1, 0.15) is 5.54 Å². The number of nitrogens with one attached hydrogen (secondary N) is 1. The highest BCUT2D eigenvalue weighted by Gasteiger charge is 2.49. The Labute approximate surface area is 95.1 Å². The van der Waals surface area contributed by atoms with E-state index < -0.39 is 16.9 Å². The Balaban J connectivity index is 2.48. The van der Waals surface area contributed by atoms with Gasteiger partial charge in [-0.2, -0.15) is 0 Å². The Morgan fingerprint density at radius 1 is 1.38 bits per heavy atom. The van der Waals surface area contributed by atoms with Gasteiger partial charge in [-0.05, 0) is 27.8 Å². The van der Waals surface area contributed by atoms with E-state index in [1.807, 2.05) is 0 Å². The Morgan fingerprint density at radius 3 is 2.19 bits per heavy atom. The van der Waals surface area contributed by atoms with E-state index in [0.717, 1.165) is 0 Å². The van der Waals surface area contributed by atoms with Crippen molar-refractivity contribution in [2.24, 2.45) is 11.1 Å². The van der Waals surface area contributed by atoms with Crippen LogP contribution in [0.25, 0.3) is 0 Å². The number of amides is 1. The molecule has 1 aliphatic heterocycles. The van der Waals surface area contributed by atoms with E-state index in [2.05, 4.69) is 5.32 Å². The first-order chi connectivity index (χ1) is 7.21. The van der Waals surface area contributed by atoms with Gasteiger partial charge < -0.3 is 15.9 Å². The van der Waals surface area contributed by atoms with E-state index in [0.29, 0.717) is 13.1 Å². The average Bonchev–Trinajstić information content (AvgIpc) is 2.07. The molecule has 0 atom stereocenters. The molecular formula is C10H19N3O3. The summed E-state index contributed by atoms with van der Waals surface area (Å²) in [5.41, 5.74) is 3.94. The molecule has 0 radical (unpaired) electrons. The predicted octanol–water partition coefficient (Wildman–Crippen LogP) is -0.750. The van der Waals surface area contributed by atoms with Crippen LogP contribution < -0.4 is 11.1 Å². The fourth-order valence-electron chi connectivity index (χ4n) is 1.31. The summed E-state index contributed by atoms with van der Waals surface area (Å²) in [7, 11) is 1.66. The molecule has 0 bridgehead atoms. The third-order valence-electron chi connectivity index (χ3n) is 2.67. The van der Waals surface area contributed by atoms with Crippen LogP contribution in [0.1, 0.15) is 20.8 Å². The molecule has 0 saturated carbocycles. The van der Waals surface area contributed by atoms with Crippen molar-refractivity contribution in [2.45, 2.75) is 26.3 Å². The second kappa shape index (κ2) is 4.03. The first-order valence-corrected chi connectivity index (χ1v) is 5.17. The highest BCUT2D eigenvalue weighted by atomic mass is 16.7. The molecule has 1 fully saturated rings. The lowest BCUT2D eigenvalue weighted by atomic mass is 9.91. The van der Waals surface area contributed by atoms with Crippen LogP contribution in [0.3, 0.4) is 0 Å². The van der Waals surface area contributed by atoms with Crippen LogP contribution >= 0.6 is 0 Å². The molecule has 6 heteroatoms. The Morgan fingerprint density at radius 2 is 1.88 bits per heavy atom. The van der Waals surface area contributed by atoms with Gasteiger partial charge in [-0.15, -0.1) is 5.06 Å². The van der Waals surface area contributed by atoms with Crippen molar-refractivity contribution < 1.29 is 14.4 Å². The number of nitrogens with zero attached hydrogens (tertiary/aromatic N) is 1. The maximum atomic E-state index is 11.5. The molecule has 6 nitrogen and oxygen atoms in total. The van der Waals surface area contributed by atoms with Gasteiger partial charge in [0.15, 0.2) is 0 Å².